The minimum absolute atomic E-state index is 0.0518. The van der Waals surface area contributed by atoms with Gasteiger partial charge in [-0.3, -0.25) is 39.0 Å². The van der Waals surface area contributed by atoms with Crippen LogP contribution in [0.3, 0.4) is 0 Å². The monoisotopic (exact) mass is 615 g/mol. The van der Waals surface area contributed by atoms with Crippen LogP contribution in [0.5, 0.6) is 0 Å². The van der Waals surface area contributed by atoms with Crippen molar-refractivity contribution in [2.75, 3.05) is 18.1 Å². The number of aliphatic hydroxyl groups excluding tert-OH is 1. The number of imide groups is 2. The smallest absolute Gasteiger partial charge is 0.303 e. The number of amides is 4. The third-order valence-electron chi connectivity index (χ3n) is 8.38. The molecule has 0 bridgehead atoms. The van der Waals surface area contributed by atoms with Crippen molar-refractivity contribution in [1.29, 1.82) is 0 Å². The molecule has 0 unspecified atom stereocenters. The highest BCUT2D eigenvalue weighted by Crippen LogP contribution is 2.41. The van der Waals surface area contributed by atoms with Crippen molar-refractivity contribution in [3.05, 3.63) is 80.4 Å². The summed E-state index contributed by atoms with van der Waals surface area (Å²) < 4.78 is 0. The molecule has 2 heterocycles. The van der Waals surface area contributed by atoms with Gasteiger partial charge in [0.05, 0.1) is 4.92 Å². The molecule has 0 saturated carbocycles. The zero-order valence-electron chi connectivity index (χ0n) is 24.6. The van der Waals surface area contributed by atoms with Gasteiger partial charge in [-0.05, 0) is 55.2 Å². The second-order valence-electron chi connectivity index (χ2n) is 11.3. The van der Waals surface area contributed by atoms with E-state index in [2.05, 4.69) is 0 Å². The summed E-state index contributed by atoms with van der Waals surface area (Å²) in [5.41, 5.74) is 0.308. The van der Waals surface area contributed by atoms with E-state index >= 15 is 0 Å². The number of nitrogens with zero attached hydrogens (tertiary/aromatic N) is 3. The first-order valence-electron chi connectivity index (χ1n) is 15.1. The number of aliphatic carboxylic acids is 1. The number of carboxylic acids is 1. The summed E-state index contributed by atoms with van der Waals surface area (Å²) in [6.45, 7) is -0.00585. The van der Waals surface area contributed by atoms with Gasteiger partial charge in [-0.1, -0.05) is 44.6 Å². The Bertz CT molecular complexity index is 1660. The van der Waals surface area contributed by atoms with E-state index in [0.717, 1.165) is 43.4 Å². The minimum Gasteiger partial charge on any atom is -0.481 e. The molecule has 5 rings (SSSR count). The normalized spacial score (nSPS) is 14.1. The Morgan fingerprint density at radius 3 is 1.69 bits per heavy atom. The number of hydrogen-bond donors (Lipinski definition) is 2. The molecule has 2 aliphatic heterocycles. The van der Waals surface area contributed by atoms with Crippen LogP contribution >= 0.6 is 0 Å². The summed E-state index contributed by atoms with van der Waals surface area (Å²) in [7, 11) is 0. The number of unbranched alkanes of at least 4 members (excludes halogenated alkanes) is 7. The number of nitro benzene ring substituents is 1. The molecule has 3 aromatic carbocycles. The second kappa shape index (κ2) is 13.3. The van der Waals surface area contributed by atoms with Crippen molar-refractivity contribution in [3.63, 3.8) is 0 Å². The number of carbonyl (C=O) groups excluding carboxylic acids is 4. The zero-order valence-corrected chi connectivity index (χ0v) is 24.6. The topological polar surface area (TPSA) is 175 Å². The average molecular weight is 616 g/mol. The Kier molecular flexibility index (Phi) is 9.33. The molecule has 0 aromatic heterocycles. The second-order valence-corrected chi connectivity index (χ2v) is 11.3. The largest absolute Gasteiger partial charge is 0.481 e. The van der Waals surface area contributed by atoms with Gasteiger partial charge in [-0.2, -0.15) is 0 Å². The molecule has 12 heteroatoms. The van der Waals surface area contributed by atoms with Gasteiger partial charge in [0.25, 0.3) is 29.3 Å². The lowest BCUT2D eigenvalue weighted by Gasteiger charge is -2.31. The number of benzene rings is 3. The molecule has 0 saturated heterocycles. The highest BCUT2D eigenvalue weighted by Gasteiger charge is 2.41. The van der Waals surface area contributed by atoms with E-state index in [4.69, 9.17) is 5.11 Å². The molecule has 0 atom stereocenters. The van der Waals surface area contributed by atoms with Gasteiger partial charge < -0.3 is 10.2 Å². The zero-order chi connectivity index (χ0) is 32.2. The molecule has 3 aromatic rings. The Morgan fingerprint density at radius 2 is 1.20 bits per heavy atom. The van der Waals surface area contributed by atoms with E-state index in [0.29, 0.717) is 18.4 Å². The summed E-state index contributed by atoms with van der Waals surface area (Å²) in [4.78, 5) is 78.2. The van der Waals surface area contributed by atoms with Gasteiger partial charge in [0.1, 0.15) is 5.69 Å². The fraction of sp³-hybridized carbons (Fsp3) is 0.364. The average Bonchev–Trinajstić information content (AvgIpc) is 3.01. The third-order valence-corrected chi connectivity index (χ3v) is 8.38. The lowest BCUT2D eigenvalue weighted by atomic mass is 9.85. The SMILES string of the molecule is O=C(O)CCCCCCCCCCN1C(=O)c2ccc3c4c(ccc(c24)C1=O)C(=O)N(c1ccc(CCO)cc1[N+](=O)[O-])C3=O. The summed E-state index contributed by atoms with van der Waals surface area (Å²) >= 11 is 0. The number of carboxylic acid groups (broad SMARTS) is 1. The number of hydrogen-bond acceptors (Lipinski definition) is 8. The number of carbonyl (C=O) groups is 5. The van der Waals surface area contributed by atoms with Crippen molar-refractivity contribution in [1.82, 2.24) is 4.90 Å². The number of anilines is 1. The van der Waals surface area contributed by atoms with E-state index in [-0.39, 0.29) is 64.7 Å². The van der Waals surface area contributed by atoms with Crippen LogP contribution in [0.4, 0.5) is 11.4 Å². The van der Waals surface area contributed by atoms with Crippen molar-refractivity contribution < 1.29 is 39.1 Å². The van der Waals surface area contributed by atoms with Gasteiger partial charge in [0, 0.05) is 58.7 Å². The molecule has 0 spiro atoms. The minimum atomic E-state index is -0.807. The molecule has 0 radical (unpaired) electrons. The van der Waals surface area contributed by atoms with Crippen LogP contribution in [0, 0.1) is 10.1 Å². The summed E-state index contributed by atoms with van der Waals surface area (Å²) in [5, 5.41) is 30.2. The Hall–Kier alpha value is -4.97. The van der Waals surface area contributed by atoms with Crippen LogP contribution in [0.1, 0.15) is 105 Å². The Morgan fingerprint density at radius 1 is 0.711 bits per heavy atom. The van der Waals surface area contributed by atoms with E-state index in [1.807, 2.05) is 0 Å². The number of nitro groups is 1. The van der Waals surface area contributed by atoms with Crippen molar-refractivity contribution in [2.45, 2.75) is 64.2 Å². The Labute approximate surface area is 258 Å². The number of rotatable bonds is 15. The summed E-state index contributed by atoms with van der Waals surface area (Å²) in [5.74, 6) is -3.41. The predicted molar refractivity (Wildman–Crippen MR) is 164 cm³/mol. The first kappa shape index (κ1) is 31.5. The van der Waals surface area contributed by atoms with Gasteiger partial charge in [-0.25, -0.2) is 4.90 Å². The van der Waals surface area contributed by atoms with Crippen LogP contribution in [0.15, 0.2) is 42.5 Å². The van der Waals surface area contributed by atoms with Crippen LogP contribution in [-0.4, -0.2) is 62.8 Å². The first-order valence-corrected chi connectivity index (χ1v) is 15.1. The molecule has 12 nitrogen and oxygen atoms in total. The standard InChI is InChI=1S/C33H33N3O9/c37-18-16-20-10-15-25(26(19-20)36(44)45)35-32(42)23-13-11-21-28-22(12-14-24(29(23)28)33(35)43)31(41)34(30(21)40)17-8-6-4-2-1-3-5-7-9-27(38)39/h10-15,19,37H,1-9,16-18H2,(H,38,39). The maximum absolute atomic E-state index is 13.7. The fourth-order valence-corrected chi connectivity index (χ4v) is 6.14. The maximum Gasteiger partial charge on any atom is 0.303 e. The molecule has 0 aliphatic carbocycles. The molecule has 45 heavy (non-hydrogen) atoms. The maximum atomic E-state index is 13.7. The lowest BCUT2D eigenvalue weighted by Crippen LogP contribution is -2.43. The lowest BCUT2D eigenvalue weighted by molar-refractivity contribution is -0.384. The van der Waals surface area contributed by atoms with Gasteiger partial charge in [0.2, 0.25) is 0 Å². The summed E-state index contributed by atoms with van der Waals surface area (Å²) in [6, 6.07) is 9.79. The molecule has 2 aliphatic rings. The highest BCUT2D eigenvalue weighted by atomic mass is 16.6. The van der Waals surface area contributed by atoms with Crippen molar-refractivity contribution in [2.24, 2.45) is 0 Å². The van der Waals surface area contributed by atoms with E-state index in [1.54, 1.807) is 0 Å². The van der Waals surface area contributed by atoms with Crippen LogP contribution in [0.2, 0.25) is 0 Å². The van der Waals surface area contributed by atoms with Gasteiger partial charge in [0.15, 0.2) is 0 Å². The van der Waals surface area contributed by atoms with E-state index in [9.17, 15) is 39.2 Å². The van der Waals surface area contributed by atoms with Crippen LogP contribution in [-0.2, 0) is 11.2 Å². The Balaban J connectivity index is 1.33. The van der Waals surface area contributed by atoms with Gasteiger partial charge in [-0.15, -0.1) is 0 Å². The molecule has 2 N–H and O–H groups in total. The first-order chi connectivity index (χ1) is 21.6. The van der Waals surface area contributed by atoms with E-state index < -0.39 is 40.2 Å². The van der Waals surface area contributed by atoms with Crippen LogP contribution in [0.25, 0.3) is 10.8 Å². The van der Waals surface area contributed by atoms with Crippen molar-refractivity contribution in [3.8, 4) is 0 Å². The quantitative estimate of drug-likeness (QED) is 0.0998. The van der Waals surface area contributed by atoms with Crippen molar-refractivity contribution >= 4 is 51.7 Å². The third kappa shape index (κ3) is 6.05. The summed E-state index contributed by atoms with van der Waals surface area (Å²) in [6.07, 6.45) is 7.22. The fourth-order valence-electron chi connectivity index (χ4n) is 6.14. The predicted octanol–water partition coefficient (Wildman–Crippen LogP) is 5.27. The molecular weight excluding hydrogens is 582 g/mol. The molecule has 0 fully saturated rings. The number of aliphatic hydroxyl groups is 1. The van der Waals surface area contributed by atoms with Gasteiger partial charge >= 0.3 is 5.97 Å². The molecule has 4 amide bonds. The highest BCUT2D eigenvalue weighted by molar-refractivity contribution is 6.39. The van der Waals surface area contributed by atoms with E-state index in [1.165, 1.54) is 47.4 Å². The molecular formula is C33H33N3O9. The molecule has 234 valence electrons. The van der Waals surface area contributed by atoms with Crippen LogP contribution < -0.4 is 4.90 Å².